The van der Waals surface area contributed by atoms with Crippen LogP contribution in [0.5, 0.6) is 5.75 Å². The van der Waals surface area contributed by atoms with E-state index in [4.69, 9.17) is 4.74 Å². The number of nitrogens with one attached hydrogen (secondary N) is 1. The van der Waals surface area contributed by atoms with Crippen molar-refractivity contribution in [3.8, 4) is 5.75 Å². The third kappa shape index (κ3) is 3.23. The van der Waals surface area contributed by atoms with Crippen LogP contribution < -0.4 is 10.1 Å². The Kier molecular flexibility index (Phi) is 3.68. The third-order valence-electron chi connectivity index (χ3n) is 2.39. The van der Waals surface area contributed by atoms with E-state index in [-0.39, 0.29) is 22.5 Å². The first kappa shape index (κ1) is 12.0. The maximum absolute atomic E-state index is 11.4. The Balaban J connectivity index is 1.87. The van der Waals surface area contributed by atoms with Crippen molar-refractivity contribution in [3.63, 3.8) is 0 Å². The second-order valence-electron chi connectivity index (χ2n) is 3.86. The fraction of sp³-hybridized carbons (Fsp3) is 0.333. The van der Waals surface area contributed by atoms with Crippen LogP contribution in [0.1, 0.15) is 13.3 Å². The van der Waals surface area contributed by atoms with E-state index in [1.165, 1.54) is 0 Å². The fourth-order valence-electron chi connectivity index (χ4n) is 1.63. The Labute approximate surface area is 104 Å². The van der Waals surface area contributed by atoms with Crippen molar-refractivity contribution in [2.75, 3.05) is 0 Å². The monoisotopic (exact) mass is 251 g/mol. The van der Waals surface area contributed by atoms with E-state index in [1.54, 1.807) is 0 Å². The lowest BCUT2D eigenvalue weighted by molar-refractivity contribution is -0.119. The number of carbonyl (C=O) groups is 2. The number of benzene rings is 1. The first-order valence-corrected chi connectivity index (χ1v) is 6.26. The molecule has 1 fully saturated rings. The van der Waals surface area contributed by atoms with Crippen molar-refractivity contribution in [3.05, 3.63) is 30.3 Å². The van der Waals surface area contributed by atoms with Crippen LogP contribution in [0, 0.1) is 0 Å². The predicted molar refractivity (Wildman–Crippen MR) is 66.1 cm³/mol. The van der Waals surface area contributed by atoms with E-state index in [0.29, 0.717) is 6.42 Å². The summed E-state index contributed by atoms with van der Waals surface area (Å²) >= 11 is 1.03. The van der Waals surface area contributed by atoms with Gasteiger partial charge in [-0.3, -0.25) is 14.9 Å². The number of rotatable bonds is 4. The third-order valence-corrected chi connectivity index (χ3v) is 3.40. The molecule has 17 heavy (non-hydrogen) atoms. The molecule has 2 amide bonds. The second kappa shape index (κ2) is 5.23. The summed E-state index contributed by atoms with van der Waals surface area (Å²) in [7, 11) is 0. The lowest BCUT2D eigenvalue weighted by atomic mass is 10.2. The van der Waals surface area contributed by atoms with E-state index >= 15 is 0 Å². The van der Waals surface area contributed by atoms with Gasteiger partial charge in [0.05, 0.1) is 11.4 Å². The summed E-state index contributed by atoms with van der Waals surface area (Å²) in [5.74, 6) is 0.554. The molecule has 1 aromatic rings. The molecule has 0 aromatic heterocycles. The van der Waals surface area contributed by atoms with E-state index in [1.807, 2.05) is 37.3 Å². The van der Waals surface area contributed by atoms with E-state index in [2.05, 4.69) is 5.32 Å². The molecule has 5 heteroatoms. The minimum Gasteiger partial charge on any atom is -0.491 e. The number of hydrogen-bond donors (Lipinski definition) is 1. The molecule has 1 aliphatic rings. The summed E-state index contributed by atoms with van der Waals surface area (Å²) in [5, 5.41) is 1.66. The highest BCUT2D eigenvalue weighted by atomic mass is 32.2. The van der Waals surface area contributed by atoms with Gasteiger partial charge in [0, 0.05) is 6.42 Å². The van der Waals surface area contributed by atoms with Crippen molar-refractivity contribution < 1.29 is 14.3 Å². The predicted octanol–water partition coefficient (Wildman–Crippen LogP) is 2.20. The molecule has 2 rings (SSSR count). The summed E-state index contributed by atoms with van der Waals surface area (Å²) in [6.45, 7) is 1.89. The van der Waals surface area contributed by atoms with Gasteiger partial charge in [-0.25, -0.2) is 0 Å². The van der Waals surface area contributed by atoms with Gasteiger partial charge in [0.1, 0.15) is 5.75 Å². The zero-order valence-corrected chi connectivity index (χ0v) is 10.2. The van der Waals surface area contributed by atoms with Crippen molar-refractivity contribution in [1.82, 2.24) is 5.32 Å². The number of hydrogen-bond acceptors (Lipinski definition) is 4. The summed E-state index contributed by atoms with van der Waals surface area (Å²) in [6, 6.07) is 9.43. The van der Waals surface area contributed by atoms with Gasteiger partial charge in [0.15, 0.2) is 0 Å². The summed E-state index contributed by atoms with van der Waals surface area (Å²) in [6.07, 6.45) is 0.420. The molecule has 1 aliphatic heterocycles. The van der Waals surface area contributed by atoms with Crippen molar-refractivity contribution in [2.24, 2.45) is 0 Å². The van der Waals surface area contributed by atoms with Crippen LogP contribution in [-0.2, 0) is 4.79 Å². The molecule has 0 spiro atoms. The smallest absolute Gasteiger partial charge is 0.286 e. The molecule has 0 radical (unpaired) electrons. The van der Waals surface area contributed by atoms with Crippen LogP contribution in [0.3, 0.4) is 0 Å². The van der Waals surface area contributed by atoms with Crippen LogP contribution in [-0.4, -0.2) is 22.5 Å². The van der Waals surface area contributed by atoms with Gasteiger partial charge in [0.25, 0.3) is 5.24 Å². The normalized spacial score (nSPS) is 21.1. The first-order valence-electron chi connectivity index (χ1n) is 5.38. The highest BCUT2D eigenvalue weighted by Crippen LogP contribution is 2.24. The van der Waals surface area contributed by atoms with E-state index < -0.39 is 0 Å². The summed E-state index contributed by atoms with van der Waals surface area (Å²) in [4.78, 5) is 22.4. The zero-order chi connectivity index (χ0) is 12.3. The van der Waals surface area contributed by atoms with Crippen LogP contribution in [0.2, 0.25) is 0 Å². The maximum atomic E-state index is 11.4. The molecule has 0 bridgehead atoms. The number of imide groups is 1. The first-order chi connectivity index (χ1) is 8.15. The van der Waals surface area contributed by atoms with Crippen molar-refractivity contribution in [1.29, 1.82) is 0 Å². The molecular formula is C12H13NO3S. The van der Waals surface area contributed by atoms with Crippen LogP contribution in [0.4, 0.5) is 4.79 Å². The van der Waals surface area contributed by atoms with Gasteiger partial charge < -0.3 is 4.74 Å². The topological polar surface area (TPSA) is 55.4 Å². The van der Waals surface area contributed by atoms with Crippen molar-refractivity contribution in [2.45, 2.75) is 24.7 Å². The maximum Gasteiger partial charge on any atom is 0.286 e. The number of amides is 2. The Morgan fingerprint density at radius 1 is 1.35 bits per heavy atom. The Morgan fingerprint density at radius 2 is 2.06 bits per heavy atom. The standard InChI is InChI=1S/C12H13NO3S/c1-8(16-9-5-3-2-4-6-9)7-10-11(14)13-12(15)17-10/h2-6,8,10H,7H2,1H3,(H,13,14,15). The molecule has 1 aromatic carbocycles. The van der Waals surface area contributed by atoms with Gasteiger partial charge >= 0.3 is 0 Å². The molecule has 4 nitrogen and oxygen atoms in total. The Hall–Kier alpha value is -1.49. The fourth-order valence-corrected chi connectivity index (χ4v) is 2.58. The van der Waals surface area contributed by atoms with Gasteiger partial charge in [-0.2, -0.15) is 0 Å². The highest BCUT2D eigenvalue weighted by Gasteiger charge is 2.32. The average Bonchev–Trinajstić information content (AvgIpc) is 2.58. The number of carbonyl (C=O) groups excluding carboxylic acids is 2. The van der Waals surface area contributed by atoms with Gasteiger partial charge in [-0.15, -0.1) is 0 Å². The Bertz CT molecular complexity index is 421. The molecule has 1 saturated heterocycles. The number of ether oxygens (including phenoxy) is 1. The quantitative estimate of drug-likeness (QED) is 0.891. The highest BCUT2D eigenvalue weighted by molar-refractivity contribution is 8.15. The molecule has 0 aliphatic carbocycles. The lowest BCUT2D eigenvalue weighted by Crippen LogP contribution is -2.28. The van der Waals surface area contributed by atoms with Gasteiger partial charge in [0.2, 0.25) is 5.91 Å². The van der Waals surface area contributed by atoms with Gasteiger partial charge in [-0.1, -0.05) is 30.0 Å². The molecular weight excluding hydrogens is 238 g/mol. The number of para-hydroxylation sites is 1. The van der Waals surface area contributed by atoms with Gasteiger partial charge in [-0.05, 0) is 19.1 Å². The lowest BCUT2D eigenvalue weighted by Gasteiger charge is -2.16. The van der Waals surface area contributed by atoms with Crippen LogP contribution in [0.15, 0.2) is 30.3 Å². The largest absolute Gasteiger partial charge is 0.491 e. The van der Waals surface area contributed by atoms with Crippen LogP contribution >= 0.6 is 11.8 Å². The molecule has 1 N–H and O–H groups in total. The zero-order valence-electron chi connectivity index (χ0n) is 9.38. The molecule has 0 saturated carbocycles. The van der Waals surface area contributed by atoms with Crippen molar-refractivity contribution >= 4 is 22.9 Å². The second-order valence-corrected chi connectivity index (χ2v) is 5.04. The SMILES string of the molecule is CC(CC1SC(=O)NC1=O)Oc1ccccc1. The van der Waals surface area contributed by atoms with E-state index in [0.717, 1.165) is 17.5 Å². The molecule has 2 unspecified atom stereocenters. The average molecular weight is 251 g/mol. The minimum absolute atomic E-state index is 0.105. The molecule has 2 atom stereocenters. The molecule has 90 valence electrons. The minimum atomic E-state index is -0.332. The summed E-state index contributed by atoms with van der Waals surface area (Å²) < 4.78 is 5.66. The Morgan fingerprint density at radius 3 is 2.65 bits per heavy atom. The summed E-state index contributed by atoms with van der Waals surface area (Å²) in [5.41, 5.74) is 0. The molecule has 1 heterocycles. The number of thioether (sulfide) groups is 1. The van der Waals surface area contributed by atoms with Crippen LogP contribution in [0.25, 0.3) is 0 Å². The van der Waals surface area contributed by atoms with E-state index in [9.17, 15) is 9.59 Å².